The highest BCUT2D eigenvalue weighted by atomic mass is 19.1. The molecule has 3 aromatic carbocycles. The van der Waals surface area contributed by atoms with Gasteiger partial charge in [0.15, 0.2) is 5.82 Å². The van der Waals surface area contributed by atoms with Crippen LogP contribution in [0.3, 0.4) is 0 Å². The van der Waals surface area contributed by atoms with E-state index in [1.54, 1.807) is 12.1 Å². The molecule has 0 atom stereocenters. The number of H-pyrrole nitrogens is 1. The van der Waals surface area contributed by atoms with Crippen LogP contribution in [0, 0.1) is 5.82 Å². The summed E-state index contributed by atoms with van der Waals surface area (Å²) in [6, 6.07) is 22.7. The smallest absolute Gasteiger partial charge is 0.323 e. The van der Waals surface area contributed by atoms with Crippen molar-refractivity contribution in [3.8, 4) is 0 Å². The van der Waals surface area contributed by atoms with Crippen LogP contribution in [0.25, 0.3) is 22.2 Å². The van der Waals surface area contributed by atoms with Crippen LogP contribution in [-0.2, 0) is 13.0 Å². The first-order valence-corrected chi connectivity index (χ1v) is 11.6. The van der Waals surface area contributed by atoms with E-state index in [1.165, 1.54) is 12.1 Å². The largest absolute Gasteiger partial charge is 0.439 e. The molecule has 7 heteroatoms. The van der Waals surface area contributed by atoms with Crippen molar-refractivity contribution in [1.82, 2.24) is 19.7 Å². The van der Waals surface area contributed by atoms with Gasteiger partial charge in [0.05, 0.1) is 11.0 Å². The third-order valence-corrected chi connectivity index (χ3v) is 6.09. The molecule has 0 fully saturated rings. The van der Waals surface area contributed by atoms with Crippen molar-refractivity contribution in [2.75, 3.05) is 0 Å². The number of para-hydroxylation sites is 2. The zero-order chi connectivity index (χ0) is 24.4. The Kier molecular flexibility index (Phi) is 6.14. The minimum Gasteiger partial charge on any atom is -0.323 e. The number of imidazole rings is 1. The number of nitrogens with zero attached hydrogens (tertiary/aromatic N) is 3. The average molecular weight is 469 g/mol. The predicted octanol–water partition coefficient (Wildman–Crippen LogP) is 5.83. The van der Waals surface area contributed by atoms with Gasteiger partial charge in [-0.05, 0) is 59.9 Å². The van der Waals surface area contributed by atoms with Gasteiger partial charge in [0.25, 0.3) is 0 Å². The lowest BCUT2D eigenvalue weighted by Gasteiger charge is -2.14. The van der Waals surface area contributed by atoms with Crippen LogP contribution < -0.4 is 5.76 Å². The fourth-order valence-electron chi connectivity index (χ4n) is 4.40. The minimum absolute atomic E-state index is 0.314. The molecule has 35 heavy (non-hydrogen) atoms. The van der Waals surface area contributed by atoms with Gasteiger partial charge < -0.3 is 4.57 Å². The van der Waals surface area contributed by atoms with Gasteiger partial charge in [0.1, 0.15) is 11.6 Å². The summed E-state index contributed by atoms with van der Waals surface area (Å²) in [7, 11) is 0. The van der Waals surface area contributed by atoms with E-state index in [9.17, 15) is 9.18 Å². The molecule has 0 saturated carbocycles. The van der Waals surface area contributed by atoms with Gasteiger partial charge in [-0.3, -0.25) is 9.51 Å². The molecule has 0 saturated heterocycles. The summed E-state index contributed by atoms with van der Waals surface area (Å²) < 4.78 is 20.6. The molecule has 0 aliphatic carbocycles. The molecule has 5 aromatic rings. The number of rotatable bonds is 7. The predicted molar refractivity (Wildman–Crippen MR) is 134 cm³/mol. The van der Waals surface area contributed by atoms with Crippen molar-refractivity contribution < 1.29 is 8.91 Å². The standard InChI is InChI=1S/C28H25FN4O2/c1-3-6-25-30-23-7-4-5-8-24(23)33(25)17-19-9-11-20(12-10-19)26(21-13-15-22(29)16-14-21)18(2)27-31-28(34)35-32-27/h4-5,7-16H,3,6,17H2,1-2H3,(H,31,32,34)/b26-18-. The molecule has 0 aliphatic heterocycles. The Hall–Kier alpha value is -4.26. The Morgan fingerprint density at radius 1 is 1.00 bits per heavy atom. The number of hydrogen-bond donors (Lipinski definition) is 1. The van der Waals surface area contributed by atoms with Crippen LogP contribution in [0.5, 0.6) is 0 Å². The maximum absolute atomic E-state index is 13.6. The number of benzene rings is 3. The minimum atomic E-state index is -0.622. The number of aromatic nitrogens is 4. The van der Waals surface area contributed by atoms with Crippen molar-refractivity contribution in [1.29, 1.82) is 0 Å². The second-order valence-electron chi connectivity index (χ2n) is 8.50. The Bertz CT molecular complexity index is 1560. The Labute approximate surface area is 201 Å². The van der Waals surface area contributed by atoms with Crippen LogP contribution >= 0.6 is 0 Å². The van der Waals surface area contributed by atoms with Gasteiger partial charge in [-0.25, -0.2) is 14.2 Å². The zero-order valence-corrected chi connectivity index (χ0v) is 19.6. The van der Waals surface area contributed by atoms with Crippen LogP contribution in [0.4, 0.5) is 4.39 Å². The third kappa shape index (κ3) is 4.57. The van der Waals surface area contributed by atoms with E-state index < -0.39 is 5.76 Å². The second-order valence-corrected chi connectivity index (χ2v) is 8.50. The van der Waals surface area contributed by atoms with E-state index in [2.05, 4.69) is 39.8 Å². The Balaban J connectivity index is 1.54. The van der Waals surface area contributed by atoms with E-state index in [0.29, 0.717) is 12.4 Å². The van der Waals surface area contributed by atoms with Gasteiger partial charge in [-0.1, -0.05) is 60.6 Å². The number of aromatic amines is 1. The Morgan fingerprint density at radius 3 is 2.34 bits per heavy atom. The lowest BCUT2D eigenvalue weighted by molar-refractivity contribution is 0.385. The molecule has 0 radical (unpaired) electrons. The lowest BCUT2D eigenvalue weighted by Crippen LogP contribution is -2.05. The maximum atomic E-state index is 13.6. The maximum Gasteiger partial charge on any atom is 0.439 e. The number of halogens is 1. The molecule has 1 N–H and O–H groups in total. The molecular formula is C28H25FN4O2. The normalized spacial score (nSPS) is 12.2. The van der Waals surface area contributed by atoms with Gasteiger partial charge in [0, 0.05) is 18.5 Å². The molecule has 2 aromatic heterocycles. The van der Waals surface area contributed by atoms with Crippen molar-refractivity contribution in [3.63, 3.8) is 0 Å². The van der Waals surface area contributed by atoms with E-state index in [1.807, 2.05) is 37.3 Å². The first-order chi connectivity index (χ1) is 17.0. The molecule has 6 nitrogen and oxygen atoms in total. The molecule has 2 heterocycles. The van der Waals surface area contributed by atoms with E-state index >= 15 is 0 Å². The topological polar surface area (TPSA) is 76.7 Å². The van der Waals surface area contributed by atoms with Crippen molar-refractivity contribution in [2.45, 2.75) is 33.2 Å². The molecule has 0 unspecified atom stereocenters. The summed E-state index contributed by atoms with van der Waals surface area (Å²) in [5.74, 6) is 0.484. The summed E-state index contributed by atoms with van der Waals surface area (Å²) in [4.78, 5) is 19.0. The first-order valence-electron chi connectivity index (χ1n) is 11.6. The second kappa shape index (κ2) is 9.54. The van der Waals surface area contributed by atoms with Gasteiger partial charge in [-0.2, -0.15) is 0 Å². The third-order valence-electron chi connectivity index (χ3n) is 6.09. The first kappa shape index (κ1) is 22.5. The molecule has 176 valence electrons. The van der Waals surface area contributed by atoms with Gasteiger partial charge >= 0.3 is 5.76 Å². The van der Waals surface area contributed by atoms with Crippen LogP contribution in [0.15, 0.2) is 82.1 Å². The lowest BCUT2D eigenvalue weighted by atomic mass is 9.92. The summed E-state index contributed by atoms with van der Waals surface area (Å²) in [5.41, 5.74) is 6.56. The average Bonchev–Trinajstić information content (AvgIpc) is 3.45. The highest BCUT2D eigenvalue weighted by molar-refractivity contribution is 5.96. The summed E-state index contributed by atoms with van der Waals surface area (Å²) >= 11 is 0. The van der Waals surface area contributed by atoms with Crippen LogP contribution in [0.2, 0.25) is 0 Å². The number of fused-ring (bicyclic) bond motifs is 1. The Morgan fingerprint density at radius 2 is 1.69 bits per heavy atom. The van der Waals surface area contributed by atoms with Crippen molar-refractivity contribution in [2.24, 2.45) is 0 Å². The number of aryl methyl sites for hydroxylation is 1. The summed E-state index contributed by atoms with van der Waals surface area (Å²) in [6.45, 7) is 4.72. The summed E-state index contributed by atoms with van der Waals surface area (Å²) in [6.07, 6.45) is 1.94. The number of hydrogen-bond acceptors (Lipinski definition) is 4. The molecular weight excluding hydrogens is 443 g/mol. The van der Waals surface area contributed by atoms with E-state index in [-0.39, 0.29) is 5.82 Å². The highest BCUT2D eigenvalue weighted by Gasteiger charge is 2.15. The van der Waals surface area contributed by atoms with E-state index in [4.69, 9.17) is 9.51 Å². The number of nitrogens with one attached hydrogen (secondary N) is 1. The highest BCUT2D eigenvalue weighted by Crippen LogP contribution is 2.31. The molecule has 0 bridgehead atoms. The number of allylic oxidation sites excluding steroid dienone is 1. The SMILES string of the molecule is CCCc1nc2ccccc2n1Cc1ccc(/C(=C(\C)c2noc(=O)[nH]2)c2ccc(F)cc2)cc1. The quantitative estimate of drug-likeness (QED) is 0.326. The van der Waals surface area contributed by atoms with Crippen LogP contribution in [-0.4, -0.2) is 19.7 Å². The summed E-state index contributed by atoms with van der Waals surface area (Å²) in [5, 5.41) is 3.84. The molecule has 0 aliphatic rings. The fourth-order valence-corrected chi connectivity index (χ4v) is 4.40. The van der Waals surface area contributed by atoms with Crippen molar-refractivity contribution in [3.05, 3.63) is 118 Å². The molecule has 0 amide bonds. The van der Waals surface area contributed by atoms with Gasteiger partial charge in [-0.15, -0.1) is 0 Å². The van der Waals surface area contributed by atoms with Crippen LogP contribution in [0.1, 0.15) is 48.6 Å². The molecule has 5 rings (SSSR count). The monoisotopic (exact) mass is 468 g/mol. The molecule has 0 spiro atoms. The van der Waals surface area contributed by atoms with E-state index in [0.717, 1.165) is 57.5 Å². The fraction of sp³-hybridized carbons (Fsp3) is 0.179. The van der Waals surface area contributed by atoms with Gasteiger partial charge in [0.2, 0.25) is 0 Å². The zero-order valence-electron chi connectivity index (χ0n) is 19.6. The van der Waals surface area contributed by atoms with Crippen molar-refractivity contribution >= 4 is 22.2 Å².